The van der Waals surface area contributed by atoms with Gasteiger partial charge in [-0.25, -0.2) is 4.79 Å². The number of hydrogen-bond acceptors (Lipinski definition) is 3. The van der Waals surface area contributed by atoms with Crippen molar-refractivity contribution in [3.63, 3.8) is 0 Å². The van der Waals surface area contributed by atoms with Crippen molar-refractivity contribution in [3.05, 3.63) is 64.2 Å². The van der Waals surface area contributed by atoms with Gasteiger partial charge in [0.1, 0.15) is 11.5 Å². The summed E-state index contributed by atoms with van der Waals surface area (Å²) in [6, 6.07) is 10.9. The fourth-order valence-corrected chi connectivity index (χ4v) is 2.10. The summed E-state index contributed by atoms with van der Waals surface area (Å²) in [4.78, 5) is 11.8. The second kappa shape index (κ2) is 7.14. The van der Waals surface area contributed by atoms with E-state index in [1.54, 1.807) is 25.3 Å². The molecule has 0 aromatic heterocycles. The summed E-state index contributed by atoms with van der Waals surface area (Å²) in [5.41, 5.74) is 2.65. The predicted octanol–water partition coefficient (Wildman–Crippen LogP) is 4.58. The lowest BCUT2D eigenvalue weighted by molar-refractivity contribution is -0.128. The molecule has 0 unspecified atom stereocenters. The minimum atomic E-state index is -0.433. The third-order valence-electron chi connectivity index (χ3n) is 3.16. The van der Waals surface area contributed by atoms with Crippen molar-refractivity contribution in [3.8, 4) is 11.5 Å². The van der Waals surface area contributed by atoms with Gasteiger partial charge in [-0.15, -0.1) is 0 Å². The molecule has 2 aromatic carbocycles. The number of halogens is 1. The highest BCUT2D eigenvalue weighted by Gasteiger charge is 2.06. The first kappa shape index (κ1) is 16.1. The standard InChI is InChI=1S/C18H17ClO3/c1-12-10-16(11-13(2)18(12)19)22-17(20)9-6-14-4-7-15(21-3)8-5-14/h4-11H,1-3H3. The van der Waals surface area contributed by atoms with Crippen molar-refractivity contribution < 1.29 is 14.3 Å². The summed E-state index contributed by atoms with van der Waals surface area (Å²) in [5, 5.41) is 0.688. The van der Waals surface area contributed by atoms with E-state index in [1.165, 1.54) is 6.08 Å². The van der Waals surface area contributed by atoms with E-state index < -0.39 is 5.97 Å². The highest BCUT2D eigenvalue weighted by Crippen LogP contribution is 2.26. The van der Waals surface area contributed by atoms with Crippen LogP contribution in [0.2, 0.25) is 5.02 Å². The predicted molar refractivity (Wildman–Crippen MR) is 88.6 cm³/mol. The minimum Gasteiger partial charge on any atom is -0.497 e. The van der Waals surface area contributed by atoms with Crippen LogP contribution in [-0.2, 0) is 4.79 Å². The number of hydrogen-bond donors (Lipinski definition) is 0. The van der Waals surface area contributed by atoms with E-state index in [0.29, 0.717) is 10.8 Å². The zero-order valence-electron chi connectivity index (χ0n) is 12.7. The van der Waals surface area contributed by atoms with Gasteiger partial charge in [0.05, 0.1) is 7.11 Å². The molecule has 0 fully saturated rings. The van der Waals surface area contributed by atoms with Gasteiger partial charge in [0.25, 0.3) is 0 Å². The summed E-state index contributed by atoms with van der Waals surface area (Å²) >= 11 is 6.09. The fourth-order valence-electron chi connectivity index (χ4n) is 1.99. The molecule has 0 amide bonds. The maximum absolute atomic E-state index is 11.8. The Kier molecular flexibility index (Phi) is 5.23. The highest BCUT2D eigenvalue weighted by molar-refractivity contribution is 6.32. The molecule has 0 heterocycles. The van der Waals surface area contributed by atoms with Crippen molar-refractivity contribution >= 4 is 23.6 Å². The Morgan fingerprint density at radius 1 is 1.05 bits per heavy atom. The van der Waals surface area contributed by atoms with Crippen LogP contribution in [0.1, 0.15) is 16.7 Å². The van der Waals surface area contributed by atoms with Crippen molar-refractivity contribution in [2.45, 2.75) is 13.8 Å². The molecule has 0 N–H and O–H groups in total. The number of rotatable bonds is 4. The average molecular weight is 317 g/mol. The Morgan fingerprint density at radius 2 is 1.64 bits per heavy atom. The largest absolute Gasteiger partial charge is 0.497 e. The smallest absolute Gasteiger partial charge is 0.336 e. The second-order valence-corrected chi connectivity index (χ2v) is 5.28. The van der Waals surface area contributed by atoms with E-state index in [4.69, 9.17) is 21.1 Å². The number of methoxy groups -OCH3 is 1. The average Bonchev–Trinajstić information content (AvgIpc) is 2.51. The maximum atomic E-state index is 11.8. The summed E-state index contributed by atoms with van der Waals surface area (Å²) in [6.45, 7) is 3.75. The number of carbonyl (C=O) groups excluding carboxylic acids is 1. The second-order valence-electron chi connectivity index (χ2n) is 4.90. The van der Waals surface area contributed by atoms with Crippen LogP contribution < -0.4 is 9.47 Å². The SMILES string of the molecule is COc1ccc(C=CC(=O)Oc2cc(C)c(Cl)c(C)c2)cc1. The molecule has 0 aliphatic heterocycles. The Bertz CT molecular complexity index is 680. The first-order valence-electron chi connectivity index (χ1n) is 6.80. The molecule has 0 radical (unpaired) electrons. The van der Waals surface area contributed by atoms with Crippen LogP contribution in [0.15, 0.2) is 42.5 Å². The number of aryl methyl sites for hydroxylation is 2. The Balaban J connectivity index is 2.04. The molecule has 0 atom stereocenters. The molecular formula is C18H17ClO3. The van der Waals surface area contributed by atoms with Crippen LogP contribution in [0.25, 0.3) is 6.08 Å². The zero-order valence-corrected chi connectivity index (χ0v) is 13.5. The zero-order chi connectivity index (χ0) is 16.1. The topological polar surface area (TPSA) is 35.5 Å². The summed E-state index contributed by atoms with van der Waals surface area (Å²) in [7, 11) is 1.61. The van der Waals surface area contributed by atoms with Crippen LogP contribution in [0.5, 0.6) is 11.5 Å². The van der Waals surface area contributed by atoms with E-state index in [-0.39, 0.29) is 0 Å². The van der Waals surface area contributed by atoms with Gasteiger partial charge in [-0.3, -0.25) is 0 Å². The van der Waals surface area contributed by atoms with Gasteiger partial charge in [-0.1, -0.05) is 23.7 Å². The number of benzene rings is 2. The monoisotopic (exact) mass is 316 g/mol. The first-order chi connectivity index (χ1) is 10.5. The van der Waals surface area contributed by atoms with Crippen molar-refractivity contribution in [1.29, 1.82) is 0 Å². The van der Waals surface area contributed by atoms with E-state index >= 15 is 0 Å². The molecule has 0 bridgehead atoms. The molecule has 4 heteroatoms. The lowest BCUT2D eigenvalue weighted by atomic mass is 10.1. The van der Waals surface area contributed by atoms with Crippen LogP contribution >= 0.6 is 11.6 Å². The van der Waals surface area contributed by atoms with E-state index in [0.717, 1.165) is 22.4 Å². The van der Waals surface area contributed by atoms with Gasteiger partial charge in [0, 0.05) is 11.1 Å². The molecule has 3 nitrogen and oxygen atoms in total. The molecular weight excluding hydrogens is 300 g/mol. The lowest BCUT2D eigenvalue weighted by Gasteiger charge is -2.07. The molecule has 0 aliphatic rings. The van der Waals surface area contributed by atoms with E-state index in [2.05, 4.69) is 0 Å². The molecule has 0 spiro atoms. The van der Waals surface area contributed by atoms with Gasteiger partial charge in [0.15, 0.2) is 0 Å². The molecule has 0 aliphatic carbocycles. The van der Waals surface area contributed by atoms with Gasteiger partial charge in [-0.05, 0) is 60.9 Å². The molecule has 2 aromatic rings. The van der Waals surface area contributed by atoms with Gasteiger partial charge in [-0.2, -0.15) is 0 Å². The summed E-state index contributed by atoms with van der Waals surface area (Å²) in [5.74, 6) is 0.826. The highest BCUT2D eigenvalue weighted by atomic mass is 35.5. The molecule has 114 valence electrons. The Morgan fingerprint density at radius 3 is 2.18 bits per heavy atom. The quantitative estimate of drug-likeness (QED) is 0.470. The Labute approximate surface area is 135 Å². The number of ether oxygens (including phenoxy) is 2. The van der Waals surface area contributed by atoms with Crippen molar-refractivity contribution in [2.24, 2.45) is 0 Å². The Hall–Kier alpha value is -2.26. The third-order valence-corrected chi connectivity index (χ3v) is 3.75. The van der Waals surface area contributed by atoms with Crippen molar-refractivity contribution in [2.75, 3.05) is 7.11 Å². The van der Waals surface area contributed by atoms with Gasteiger partial charge < -0.3 is 9.47 Å². The van der Waals surface area contributed by atoms with Gasteiger partial charge in [0.2, 0.25) is 0 Å². The van der Waals surface area contributed by atoms with Crippen LogP contribution in [0, 0.1) is 13.8 Å². The fraction of sp³-hybridized carbons (Fsp3) is 0.167. The van der Waals surface area contributed by atoms with Crippen LogP contribution in [0.3, 0.4) is 0 Å². The molecule has 0 saturated heterocycles. The normalized spacial score (nSPS) is 10.7. The van der Waals surface area contributed by atoms with Crippen LogP contribution in [-0.4, -0.2) is 13.1 Å². The minimum absolute atomic E-state index is 0.433. The van der Waals surface area contributed by atoms with E-state index in [9.17, 15) is 4.79 Å². The maximum Gasteiger partial charge on any atom is 0.336 e. The van der Waals surface area contributed by atoms with Gasteiger partial charge >= 0.3 is 5.97 Å². The van der Waals surface area contributed by atoms with E-state index in [1.807, 2.05) is 38.1 Å². The van der Waals surface area contributed by atoms with Crippen molar-refractivity contribution in [1.82, 2.24) is 0 Å². The molecule has 0 saturated carbocycles. The summed E-state index contributed by atoms with van der Waals surface area (Å²) < 4.78 is 10.4. The van der Waals surface area contributed by atoms with Crippen LogP contribution in [0.4, 0.5) is 0 Å². The molecule has 22 heavy (non-hydrogen) atoms. The first-order valence-corrected chi connectivity index (χ1v) is 7.18. The lowest BCUT2D eigenvalue weighted by Crippen LogP contribution is -2.04. The summed E-state index contributed by atoms with van der Waals surface area (Å²) in [6.07, 6.45) is 3.08. The number of esters is 1. The number of carbonyl (C=O) groups is 1. The molecule has 2 rings (SSSR count). The third kappa shape index (κ3) is 4.12.